The number of hydrogen-bond donors (Lipinski definition) is 4. The van der Waals surface area contributed by atoms with Gasteiger partial charge in [0, 0.05) is 37.2 Å². The monoisotopic (exact) mass is 996 g/mol. The molecule has 4 N–H and O–H groups in total. The zero-order valence-corrected chi connectivity index (χ0v) is 45.0. The maximum Gasteiger partial charge on any atom is 0.329 e. The summed E-state index contributed by atoms with van der Waals surface area (Å²) in [5.41, 5.74) is 8.05. The summed E-state index contributed by atoms with van der Waals surface area (Å²) in [6.45, 7) is 24.6. The molecule has 0 saturated heterocycles. The molecule has 14 heteroatoms. The van der Waals surface area contributed by atoms with E-state index < -0.39 is 49.1 Å². The minimum atomic E-state index is -1.08. The van der Waals surface area contributed by atoms with Crippen LogP contribution < -0.4 is 20.1 Å². The summed E-state index contributed by atoms with van der Waals surface area (Å²) in [5.74, 6) is -1.33. The van der Waals surface area contributed by atoms with E-state index in [-0.39, 0.29) is 70.3 Å². The lowest BCUT2D eigenvalue weighted by molar-refractivity contribution is -0.144. The summed E-state index contributed by atoms with van der Waals surface area (Å²) in [7, 11) is 4.91. The van der Waals surface area contributed by atoms with E-state index in [9.17, 15) is 29.4 Å². The van der Waals surface area contributed by atoms with Crippen LogP contribution in [-0.2, 0) is 76.0 Å². The normalized spacial score (nSPS) is 17.7. The van der Waals surface area contributed by atoms with Gasteiger partial charge in [-0.3, -0.25) is 9.59 Å². The van der Waals surface area contributed by atoms with Crippen LogP contribution in [-0.4, -0.2) is 85.0 Å². The van der Waals surface area contributed by atoms with E-state index in [1.54, 1.807) is 0 Å². The molecule has 0 radical (unpaired) electrons. The van der Waals surface area contributed by atoms with Crippen molar-refractivity contribution in [3.05, 3.63) is 115 Å². The standard InChI is InChI=1S/C56H72N2O10S2/c1-53(2,3)39-19-31-15-35-23-41(55(7,8)9)25-37-17-33-21-40(54(4,5)6)22-34(48(33)62)18-38-26-42(56(10,11)12)24-36(16-32(20-39)47(31)61)50(38)68-28-46(60)58-44(52(64)66-14)30-70-69-29-43(51(63)65-13)57-45(59)27-67-49(35)37/h19-26,43-44,61-62H,15-18,27-30H2,1-14H3,(H,57,59)(H,58,60). The number of hydrogen-bond acceptors (Lipinski definition) is 12. The Bertz CT molecular complexity index is 2370. The maximum absolute atomic E-state index is 14.0. The van der Waals surface area contributed by atoms with Crippen molar-refractivity contribution in [2.75, 3.05) is 38.9 Å². The van der Waals surface area contributed by atoms with E-state index in [4.69, 9.17) is 18.9 Å². The van der Waals surface area contributed by atoms with Gasteiger partial charge in [0.15, 0.2) is 13.2 Å². The van der Waals surface area contributed by atoms with Gasteiger partial charge < -0.3 is 39.8 Å². The minimum absolute atomic E-state index is 0.0678. The highest BCUT2D eigenvalue weighted by atomic mass is 33.1. The Balaban J connectivity index is 1.72. The summed E-state index contributed by atoms with van der Waals surface area (Å²) < 4.78 is 23.5. The molecular formula is C56H72N2O10S2. The maximum atomic E-state index is 14.0. The fourth-order valence-electron chi connectivity index (χ4n) is 8.62. The predicted molar refractivity (Wildman–Crippen MR) is 279 cm³/mol. The highest BCUT2D eigenvalue weighted by Crippen LogP contribution is 2.44. The molecule has 0 saturated carbocycles. The number of aromatic hydroxyl groups is 2. The van der Waals surface area contributed by atoms with Crippen LogP contribution in [0.2, 0.25) is 0 Å². The number of nitrogens with one attached hydrogen (secondary N) is 2. The summed E-state index contributed by atoms with van der Waals surface area (Å²) in [6.07, 6.45) is 0.860. The average molecular weight is 997 g/mol. The zero-order chi connectivity index (χ0) is 51.7. The number of carbonyl (C=O) groups is 4. The molecule has 7 rings (SSSR count). The van der Waals surface area contributed by atoms with Gasteiger partial charge in [-0.2, -0.15) is 0 Å². The van der Waals surface area contributed by atoms with E-state index in [0.717, 1.165) is 44.5 Å². The Kier molecular flexibility index (Phi) is 16.3. The van der Waals surface area contributed by atoms with Crippen LogP contribution in [0.3, 0.4) is 0 Å². The lowest BCUT2D eigenvalue weighted by Crippen LogP contribution is -2.46. The molecule has 0 aromatic heterocycles. The Morgan fingerprint density at radius 1 is 0.486 bits per heavy atom. The van der Waals surface area contributed by atoms with Crippen LogP contribution in [0.25, 0.3) is 0 Å². The topological polar surface area (TPSA) is 170 Å². The minimum Gasteiger partial charge on any atom is -0.507 e. The molecule has 378 valence electrons. The highest BCUT2D eigenvalue weighted by Gasteiger charge is 2.31. The molecule has 2 atom stereocenters. The fourth-order valence-corrected chi connectivity index (χ4v) is 10.9. The Hall–Kier alpha value is -5.34. The van der Waals surface area contributed by atoms with Crippen LogP contribution >= 0.6 is 21.6 Å². The number of ether oxygens (including phenoxy) is 4. The second kappa shape index (κ2) is 21.2. The van der Waals surface area contributed by atoms with E-state index in [0.29, 0.717) is 33.8 Å². The first kappa shape index (κ1) is 54.0. The quantitative estimate of drug-likeness (QED) is 0.0978. The zero-order valence-electron chi connectivity index (χ0n) is 43.4. The van der Waals surface area contributed by atoms with Gasteiger partial charge in [0.1, 0.15) is 35.1 Å². The molecule has 2 unspecified atom stereocenters. The van der Waals surface area contributed by atoms with Gasteiger partial charge in [0.25, 0.3) is 11.8 Å². The van der Waals surface area contributed by atoms with Crippen LogP contribution in [0.1, 0.15) is 150 Å². The SMILES string of the molecule is COC(=O)C1CSSCC(C(=O)OC)NC(=O)COc2c3cc(C(C)(C)C)cc2Cc2cc(C(C)(C)C)cc(c2O)Cc2cc(C(C)(C)C)cc(c2OCC(=O)N1)Cc1cc(C(C)(C)C)cc(c1O)C3. The fraction of sp³-hybridized carbons (Fsp3) is 0.500. The lowest BCUT2D eigenvalue weighted by atomic mass is 9.79. The molecule has 2 heterocycles. The van der Waals surface area contributed by atoms with Crippen LogP contribution in [0.4, 0.5) is 0 Å². The highest BCUT2D eigenvalue weighted by molar-refractivity contribution is 8.76. The predicted octanol–water partition coefficient (Wildman–Crippen LogP) is 9.43. The molecule has 4 aromatic rings. The first-order valence-electron chi connectivity index (χ1n) is 23.8. The van der Waals surface area contributed by atoms with Crippen molar-refractivity contribution >= 4 is 45.3 Å². The summed E-state index contributed by atoms with van der Waals surface area (Å²) in [6, 6.07) is 14.2. The molecule has 0 spiro atoms. The molecule has 70 heavy (non-hydrogen) atoms. The third-order valence-electron chi connectivity index (χ3n) is 12.9. The van der Waals surface area contributed by atoms with Crippen molar-refractivity contribution in [1.29, 1.82) is 0 Å². The molecule has 1 aliphatic carbocycles. The third kappa shape index (κ3) is 12.9. The van der Waals surface area contributed by atoms with Crippen molar-refractivity contribution in [1.82, 2.24) is 10.6 Å². The van der Waals surface area contributed by atoms with Crippen LogP contribution in [0.5, 0.6) is 23.0 Å². The third-order valence-corrected chi connectivity index (χ3v) is 15.3. The van der Waals surface area contributed by atoms with Crippen molar-refractivity contribution in [3.63, 3.8) is 0 Å². The van der Waals surface area contributed by atoms with Gasteiger partial charge in [-0.1, -0.05) is 153 Å². The Morgan fingerprint density at radius 2 is 0.729 bits per heavy atom. The Morgan fingerprint density at radius 3 is 0.957 bits per heavy atom. The molecule has 2 aliphatic heterocycles. The van der Waals surface area contributed by atoms with Gasteiger partial charge in [0.2, 0.25) is 0 Å². The lowest BCUT2D eigenvalue weighted by Gasteiger charge is -2.28. The van der Waals surface area contributed by atoms with E-state index in [1.165, 1.54) is 35.8 Å². The molecule has 2 amide bonds. The summed E-state index contributed by atoms with van der Waals surface area (Å²) in [5, 5.41) is 30.8. The Labute approximate surface area is 422 Å². The van der Waals surface area contributed by atoms with E-state index >= 15 is 0 Å². The number of methoxy groups -OCH3 is 2. The summed E-state index contributed by atoms with van der Waals surface area (Å²) in [4.78, 5) is 54.1. The first-order valence-corrected chi connectivity index (χ1v) is 26.3. The number of phenols is 2. The largest absolute Gasteiger partial charge is 0.507 e. The van der Waals surface area contributed by atoms with Crippen molar-refractivity contribution in [2.24, 2.45) is 0 Å². The number of fused-ring (bicyclic) bond motifs is 13. The number of amides is 2. The van der Waals surface area contributed by atoms with Gasteiger partial charge in [-0.15, -0.1) is 0 Å². The van der Waals surface area contributed by atoms with Crippen molar-refractivity contribution in [3.8, 4) is 23.0 Å². The van der Waals surface area contributed by atoms with Crippen LogP contribution in [0.15, 0.2) is 48.5 Å². The number of esters is 2. The molecule has 3 aliphatic rings. The number of benzene rings is 4. The smallest absolute Gasteiger partial charge is 0.329 e. The van der Waals surface area contributed by atoms with Gasteiger partial charge in [0.05, 0.1) is 14.2 Å². The number of carbonyl (C=O) groups excluding carboxylic acids is 4. The van der Waals surface area contributed by atoms with Crippen LogP contribution in [0, 0.1) is 0 Å². The second-order valence-corrected chi connectivity index (χ2v) is 25.2. The number of phenolic OH excluding ortho intramolecular Hbond substituents is 2. The van der Waals surface area contributed by atoms with Gasteiger partial charge in [-0.05, 0) is 88.4 Å². The van der Waals surface area contributed by atoms with Gasteiger partial charge in [-0.25, -0.2) is 9.59 Å². The van der Waals surface area contributed by atoms with Gasteiger partial charge >= 0.3 is 11.9 Å². The molecule has 4 aromatic carbocycles. The average Bonchev–Trinajstić information content (AvgIpc) is 3.26. The van der Waals surface area contributed by atoms with E-state index in [2.05, 4.69) is 118 Å². The number of rotatable bonds is 2. The second-order valence-electron chi connectivity index (χ2n) is 22.7. The van der Waals surface area contributed by atoms with Crippen molar-refractivity contribution in [2.45, 2.75) is 143 Å². The first-order chi connectivity index (χ1) is 32.6. The van der Waals surface area contributed by atoms with E-state index in [1.807, 2.05) is 24.3 Å². The molecular weight excluding hydrogens is 925 g/mol. The molecule has 0 fully saturated rings. The molecule has 12 nitrogen and oxygen atoms in total. The summed E-state index contributed by atoms with van der Waals surface area (Å²) >= 11 is 0. The van der Waals surface area contributed by atoms with Crippen molar-refractivity contribution < 1.29 is 48.3 Å². The molecule has 10 bridgehead atoms.